The van der Waals surface area contributed by atoms with Crippen molar-refractivity contribution in [1.82, 2.24) is 9.69 Å². The summed E-state index contributed by atoms with van der Waals surface area (Å²) in [7, 11) is 3.00. The lowest BCUT2D eigenvalue weighted by molar-refractivity contribution is -0.123. The van der Waals surface area contributed by atoms with Crippen molar-refractivity contribution in [1.29, 1.82) is 0 Å². The summed E-state index contributed by atoms with van der Waals surface area (Å²) in [5, 5.41) is 2.97. The fraction of sp³-hybridized carbons (Fsp3) is 0.357. The summed E-state index contributed by atoms with van der Waals surface area (Å²) < 4.78 is 20.6. The van der Waals surface area contributed by atoms with Crippen molar-refractivity contribution < 1.29 is 28.6 Å². The van der Waals surface area contributed by atoms with Crippen LogP contribution in [0.1, 0.15) is 55.7 Å². The maximum absolute atomic E-state index is 14.3. The number of amides is 3. The van der Waals surface area contributed by atoms with Crippen LogP contribution >= 0.6 is 11.5 Å². The molecule has 4 rings (SSSR count). The van der Waals surface area contributed by atoms with Gasteiger partial charge in [-0.15, -0.1) is 0 Å². The van der Waals surface area contributed by atoms with Gasteiger partial charge in [0.15, 0.2) is 17.2 Å². The van der Waals surface area contributed by atoms with Gasteiger partial charge in [-0.1, -0.05) is 12.1 Å². The summed E-state index contributed by atoms with van der Waals surface area (Å²) >= 11 is 0.752. The van der Waals surface area contributed by atoms with Crippen molar-refractivity contribution in [3.8, 4) is 11.5 Å². The van der Waals surface area contributed by atoms with Crippen LogP contribution in [0.2, 0.25) is 0 Å². The predicted octanol–water partition coefficient (Wildman–Crippen LogP) is 3.14. The number of aromatic nitrogens is 1. The lowest BCUT2D eigenvalue weighted by atomic mass is 10.0. The van der Waals surface area contributed by atoms with Crippen LogP contribution in [-0.2, 0) is 9.53 Å². The van der Waals surface area contributed by atoms with E-state index in [9.17, 15) is 14.4 Å². The first kappa shape index (κ1) is 28.8. The van der Waals surface area contributed by atoms with Crippen molar-refractivity contribution in [3.05, 3.63) is 63.7 Å². The SMILES string of the molecule is COc1ccc(C(C(=O)NCC2CCCO2)N(C(=O)c2snc(C(N)=O)c2N)c2cc(C)cc(C)c2)cc1OC. The molecule has 3 aromatic rings. The van der Waals surface area contributed by atoms with Crippen molar-refractivity contribution in [2.24, 2.45) is 5.73 Å². The number of methoxy groups -OCH3 is 2. The molecule has 1 aliphatic rings. The third-order valence-corrected chi connectivity index (χ3v) is 7.47. The molecule has 5 N–H and O–H groups in total. The largest absolute Gasteiger partial charge is 0.493 e. The van der Waals surface area contributed by atoms with Gasteiger partial charge in [0.05, 0.1) is 26.0 Å². The highest BCUT2D eigenvalue weighted by Gasteiger charge is 2.37. The number of anilines is 2. The molecule has 3 amide bonds. The molecule has 212 valence electrons. The molecule has 0 spiro atoms. The zero-order valence-electron chi connectivity index (χ0n) is 22.9. The van der Waals surface area contributed by atoms with Gasteiger partial charge in [0.25, 0.3) is 11.8 Å². The van der Waals surface area contributed by atoms with E-state index in [2.05, 4.69) is 9.69 Å². The topological polar surface area (TPSA) is 159 Å². The second-order valence-electron chi connectivity index (χ2n) is 9.56. The third-order valence-electron chi connectivity index (χ3n) is 6.62. The maximum atomic E-state index is 14.3. The number of hydrogen-bond acceptors (Lipinski definition) is 9. The van der Waals surface area contributed by atoms with Gasteiger partial charge < -0.3 is 31.0 Å². The van der Waals surface area contributed by atoms with Crippen LogP contribution in [0.3, 0.4) is 0 Å². The number of nitrogens with zero attached hydrogens (tertiary/aromatic N) is 2. The molecule has 1 saturated heterocycles. The summed E-state index contributed by atoms with van der Waals surface area (Å²) in [4.78, 5) is 41.5. The molecule has 2 heterocycles. The van der Waals surface area contributed by atoms with Crippen LogP contribution in [0.4, 0.5) is 11.4 Å². The smallest absolute Gasteiger partial charge is 0.273 e. The first-order valence-corrected chi connectivity index (χ1v) is 13.5. The molecule has 1 fully saturated rings. The molecule has 2 unspecified atom stereocenters. The summed E-state index contributed by atoms with van der Waals surface area (Å²) in [5.41, 5.74) is 13.9. The van der Waals surface area contributed by atoms with E-state index in [1.807, 2.05) is 19.9 Å². The monoisotopic (exact) mass is 567 g/mol. The zero-order chi connectivity index (χ0) is 29.0. The summed E-state index contributed by atoms with van der Waals surface area (Å²) in [6.07, 6.45) is 1.63. The Hall–Kier alpha value is -4.16. The van der Waals surface area contributed by atoms with Gasteiger partial charge in [0.2, 0.25) is 5.91 Å². The number of benzene rings is 2. The molecule has 11 nitrogen and oxygen atoms in total. The van der Waals surface area contributed by atoms with Gasteiger partial charge in [0.1, 0.15) is 10.9 Å². The minimum Gasteiger partial charge on any atom is -0.493 e. The maximum Gasteiger partial charge on any atom is 0.273 e. The number of nitrogens with two attached hydrogens (primary N) is 2. The van der Waals surface area contributed by atoms with Gasteiger partial charge in [-0.05, 0) is 79.2 Å². The molecule has 12 heteroatoms. The number of nitrogens with one attached hydrogen (secondary N) is 1. The van der Waals surface area contributed by atoms with Gasteiger partial charge >= 0.3 is 0 Å². The van der Waals surface area contributed by atoms with Gasteiger partial charge in [-0.25, -0.2) is 0 Å². The predicted molar refractivity (Wildman–Crippen MR) is 152 cm³/mol. The highest BCUT2D eigenvalue weighted by molar-refractivity contribution is 7.09. The normalized spacial score (nSPS) is 15.3. The Bertz CT molecular complexity index is 1400. The molecule has 1 aromatic heterocycles. The lowest BCUT2D eigenvalue weighted by Crippen LogP contribution is -2.45. The van der Waals surface area contributed by atoms with E-state index in [-0.39, 0.29) is 28.9 Å². The molecule has 0 saturated carbocycles. The second kappa shape index (κ2) is 12.3. The lowest BCUT2D eigenvalue weighted by Gasteiger charge is -2.32. The Morgan fingerprint density at radius 2 is 1.82 bits per heavy atom. The van der Waals surface area contributed by atoms with Crippen molar-refractivity contribution in [2.75, 3.05) is 38.0 Å². The van der Waals surface area contributed by atoms with E-state index >= 15 is 0 Å². The van der Waals surface area contributed by atoms with Crippen LogP contribution in [0.5, 0.6) is 11.5 Å². The van der Waals surface area contributed by atoms with E-state index in [1.165, 1.54) is 19.1 Å². The van der Waals surface area contributed by atoms with Gasteiger partial charge in [-0.2, -0.15) is 4.37 Å². The number of hydrogen-bond donors (Lipinski definition) is 3. The average Bonchev–Trinajstić information content (AvgIpc) is 3.58. The first-order valence-electron chi connectivity index (χ1n) is 12.7. The van der Waals surface area contributed by atoms with Crippen LogP contribution < -0.4 is 31.2 Å². The number of ether oxygens (including phenoxy) is 3. The highest BCUT2D eigenvalue weighted by Crippen LogP contribution is 2.37. The summed E-state index contributed by atoms with van der Waals surface area (Å²) in [6, 6.07) is 9.44. The summed E-state index contributed by atoms with van der Waals surface area (Å²) in [6.45, 7) is 4.72. The van der Waals surface area contributed by atoms with E-state index in [0.717, 1.165) is 35.5 Å². The fourth-order valence-electron chi connectivity index (χ4n) is 4.77. The third kappa shape index (κ3) is 6.02. The van der Waals surface area contributed by atoms with Crippen LogP contribution in [0.15, 0.2) is 36.4 Å². The Morgan fingerprint density at radius 1 is 1.12 bits per heavy atom. The van der Waals surface area contributed by atoms with E-state index < -0.39 is 23.8 Å². The van der Waals surface area contributed by atoms with Crippen LogP contribution in [0.25, 0.3) is 0 Å². The van der Waals surface area contributed by atoms with E-state index in [4.69, 9.17) is 25.7 Å². The number of carbonyl (C=O) groups excluding carboxylic acids is 3. The Morgan fingerprint density at radius 3 is 2.40 bits per heavy atom. The number of rotatable bonds is 10. The molecular weight excluding hydrogens is 534 g/mol. The minimum absolute atomic E-state index is 0.00892. The molecule has 0 radical (unpaired) electrons. The number of nitrogen functional groups attached to an aromatic ring is 1. The molecule has 1 aliphatic heterocycles. The number of carbonyl (C=O) groups is 3. The Labute approximate surface area is 236 Å². The van der Waals surface area contributed by atoms with Crippen molar-refractivity contribution >= 4 is 40.6 Å². The molecule has 0 aliphatic carbocycles. The molecule has 2 aromatic carbocycles. The van der Waals surface area contributed by atoms with Gasteiger partial charge in [-0.3, -0.25) is 19.3 Å². The average molecular weight is 568 g/mol. The molecule has 2 atom stereocenters. The standard InChI is InChI=1S/C28H33N5O6S/c1-15-10-16(2)12-18(11-15)33(28(36)25-22(29)23(26(30)34)32-40-25)24(27(35)31-14-19-6-5-9-39-19)17-7-8-20(37-3)21(13-17)38-4/h7-8,10-13,19,24H,5-6,9,14,29H2,1-4H3,(H2,30,34)(H,31,35). The minimum atomic E-state index is -1.16. The second-order valence-corrected chi connectivity index (χ2v) is 10.3. The van der Waals surface area contributed by atoms with Gasteiger partial charge in [0, 0.05) is 18.8 Å². The van der Waals surface area contributed by atoms with Crippen molar-refractivity contribution in [2.45, 2.75) is 38.8 Å². The van der Waals surface area contributed by atoms with E-state index in [1.54, 1.807) is 30.3 Å². The zero-order valence-corrected chi connectivity index (χ0v) is 23.7. The first-order chi connectivity index (χ1) is 19.1. The van der Waals surface area contributed by atoms with Crippen LogP contribution in [0, 0.1) is 13.8 Å². The Kier molecular flexibility index (Phi) is 8.90. The quantitative estimate of drug-likeness (QED) is 0.337. The Balaban J connectivity index is 1.89. The van der Waals surface area contributed by atoms with Crippen molar-refractivity contribution in [3.63, 3.8) is 0 Å². The van der Waals surface area contributed by atoms with E-state index in [0.29, 0.717) is 29.4 Å². The summed E-state index contributed by atoms with van der Waals surface area (Å²) in [5.74, 6) is -1.05. The molecule has 40 heavy (non-hydrogen) atoms. The number of aryl methyl sites for hydroxylation is 2. The molecular formula is C28H33N5O6S. The highest BCUT2D eigenvalue weighted by atomic mass is 32.1. The number of primary amides is 1. The van der Waals surface area contributed by atoms with Crippen LogP contribution in [-0.4, -0.2) is 55.6 Å². The molecule has 0 bridgehead atoms. The fourth-order valence-corrected chi connectivity index (χ4v) is 5.51.